The number of hydroxylamine groups is 1. The van der Waals surface area contributed by atoms with Crippen molar-refractivity contribution in [3.05, 3.63) is 112 Å². The van der Waals surface area contributed by atoms with Crippen LogP contribution < -0.4 is 15.8 Å². The molecule has 1 atom stereocenters. The number of nitrogens with one attached hydrogen (secondary N) is 2. The summed E-state index contributed by atoms with van der Waals surface area (Å²) in [5, 5.41) is 12.3. The molecule has 202 valence electrons. The Morgan fingerprint density at radius 1 is 1.08 bits per heavy atom. The van der Waals surface area contributed by atoms with Gasteiger partial charge in [-0.15, -0.1) is 0 Å². The maximum atomic E-state index is 13.9. The number of hydrogen-bond acceptors (Lipinski definition) is 6. The lowest BCUT2D eigenvalue weighted by atomic mass is 10.0. The largest absolute Gasteiger partial charge is 0.489 e. The predicted octanol–water partition coefficient (Wildman–Crippen LogP) is 2.82. The van der Waals surface area contributed by atoms with E-state index < -0.39 is 39.2 Å². The number of para-hydroxylation sites is 1. The Morgan fingerprint density at radius 2 is 1.79 bits per heavy atom. The van der Waals surface area contributed by atoms with Crippen LogP contribution in [0.15, 0.2) is 82.5 Å². The molecule has 1 aromatic heterocycles. The first-order chi connectivity index (χ1) is 18.7. The third-order valence-corrected chi connectivity index (χ3v) is 8.24. The number of carbonyl (C=O) groups is 1. The summed E-state index contributed by atoms with van der Waals surface area (Å²) in [5.74, 6) is -2.36. The van der Waals surface area contributed by atoms with E-state index in [-0.39, 0.29) is 41.3 Å². The summed E-state index contributed by atoms with van der Waals surface area (Å²) in [6.45, 7) is -0.364. The topological polar surface area (TPSA) is 134 Å². The molecule has 1 aliphatic rings. The predicted molar refractivity (Wildman–Crippen MR) is 134 cm³/mol. The van der Waals surface area contributed by atoms with Crippen molar-refractivity contribution in [3.63, 3.8) is 0 Å². The van der Waals surface area contributed by atoms with E-state index in [1.165, 1.54) is 40.5 Å². The molecule has 0 aliphatic carbocycles. The number of rotatable bonds is 7. The number of carbonyl (C=O) groups excluding carboxylic acids is 1. The van der Waals surface area contributed by atoms with Crippen molar-refractivity contribution in [2.24, 2.45) is 0 Å². The van der Waals surface area contributed by atoms with Crippen LogP contribution in [0.2, 0.25) is 0 Å². The lowest BCUT2D eigenvalue weighted by Crippen LogP contribution is -2.48. The maximum absolute atomic E-state index is 13.9. The van der Waals surface area contributed by atoms with Gasteiger partial charge in [0, 0.05) is 30.3 Å². The molecule has 1 aliphatic heterocycles. The van der Waals surface area contributed by atoms with E-state index in [2.05, 4.69) is 5.10 Å². The third-order valence-electron chi connectivity index (χ3n) is 6.36. The molecule has 3 N–H and O–H groups in total. The Kier molecular flexibility index (Phi) is 7.04. The van der Waals surface area contributed by atoms with Gasteiger partial charge in [-0.3, -0.25) is 19.9 Å². The molecule has 4 aromatic rings. The van der Waals surface area contributed by atoms with Crippen LogP contribution in [0.5, 0.6) is 5.75 Å². The Hall–Kier alpha value is -4.33. The second kappa shape index (κ2) is 10.4. The van der Waals surface area contributed by atoms with Crippen molar-refractivity contribution < 1.29 is 31.9 Å². The van der Waals surface area contributed by atoms with Gasteiger partial charge in [-0.1, -0.05) is 18.2 Å². The minimum Gasteiger partial charge on any atom is -0.489 e. The maximum Gasteiger partial charge on any atom is 0.276 e. The number of aromatic amines is 1. The van der Waals surface area contributed by atoms with Gasteiger partial charge in [0.1, 0.15) is 30.0 Å². The lowest BCUT2D eigenvalue weighted by Gasteiger charge is -2.32. The molecule has 2 heterocycles. The number of ether oxygens (including phenoxy) is 1. The van der Waals surface area contributed by atoms with Gasteiger partial charge in [0.05, 0.1) is 16.1 Å². The zero-order chi connectivity index (χ0) is 27.7. The van der Waals surface area contributed by atoms with E-state index in [4.69, 9.17) is 4.74 Å². The highest BCUT2D eigenvalue weighted by atomic mass is 32.2. The second-order valence-corrected chi connectivity index (χ2v) is 10.6. The highest BCUT2D eigenvalue weighted by molar-refractivity contribution is 7.89. The van der Waals surface area contributed by atoms with Crippen LogP contribution in [0, 0.1) is 11.6 Å². The van der Waals surface area contributed by atoms with E-state index in [1.54, 1.807) is 30.3 Å². The third kappa shape index (κ3) is 4.94. The molecule has 0 bridgehead atoms. The van der Waals surface area contributed by atoms with Crippen molar-refractivity contribution in [1.29, 1.82) is 0 Å². The molecule has 0 radical (unpaired) electrons. The second-order valence-electron chi connectivity index (χ2n) is 8.72. The van der Waals surface area contributed by atoms with Crippen LogP contribution in [0.4, 0.5) is 8.78 Å². The minimum atomic E-state index is -4.33. The first-order valence-corrected chi connectivity index (χ1v) is 13.2. The summed E-state index contributed by atoms with van der Waals surface area (Å²) in [6.07, 6.45) is 0.114. The van der Waals surface area contributed by atoms with E-state index in [0.29, 0.717) is 11.4 Å². The summed E-state index contributed by atoms with van der Waals surface area (Å²) in [7, 11) is -4.33. The molecule has 0 unspecified atom stereocenters. The summed E-state index contributed by atoms with van der Waals surface area (Å²) >= 11 is 0. The number of H-pyrrole nitrogens is 1. The standard InChI is InChI=1S/C26H22F2N4O6S/c27-17-7-6-16(21(28)14-17)15-38-19-8-10-20(11-9-19)39(36,37)31-13-12-22-23(24(31)25(33)30-35)26(34)32(29-22)18-4-2-1-3-5-18/h1-11,14,24,29,35H,12-13,15H2,(H,30,33)/t24-/m1/s1. The van der Waals surface area contributed by atoms with Gasteiger partial charge in [-0.05, 0) is 48.5 Å². The monoisotopic (exact) mass is 556 g/mol. The van der Waals surface area contributed by atoms with Crippen molar-refractivity contribution in [2.45, 2.75) is 24.0 Å². The van der Waals surface area contributed by atoms with Gasteiger partial charge < -0.3 is 4.74 Å². The summed E-state index contributed by atoms with van der Waals surface area (Å²) in [4.78, 5) is 25.9. The molecule has 39 heavy (non-hydrogen) atoms. The summed E-state index contributed by atoms with van der Waals surface area (Å²) < 4.78 is 61.7. The van der Waals surface area contributed by atoms with Gasteiger partial charge in [-0.25, -0.2) is 27.4 Å². The van der Waals surface area contributed by atoms with E-state index in [0.717, 1.165) is 16.4 Å². The fourth-order valence-corrected chi connectivity index (χ4v) is 6.01. The highest BCUT2D eigenvalue weighted by Crippen LogP contribution is 2.33. The van der Waals surface area contributed by atoms with Crippen LogP contribution in [-0.4, -0.2) is 40.2 Å². The van der Waals surface area contributed by atoms with E-state index >= 15 is 0 Å². The lowest BCUT2D eigenvalue weighted by molar-refractivity contribution is -0.133. The average Bonchev–Trinajstić information content (AvgIpc) is 3.28. The van der Waals surface area contributed by atoms with Gasteiger partial charge in [0.15, 0.2) is 0 Å². The molecule has 0 fully saturated rings. The Balaban J connectivity index is 1.43. The van der Waals surface area contributed by atoms with Crippen molar-refractivity contribution in [1.82, 2.24) is 19.6 Å². The smallest absolute Gasteiger partial charge is 0.276 e. The Labute approximate surface area is 221 Å². The zero-order valence-corrected chi connectivity index (χ0v) is 21.0. The molecule has 1 amide bonds. The number of nitrogens with zero attached hydrogens (tertiary/aromatic N) is 2. The van der Waals surface area contributed by atoms with Crippen molar-refractivity contribution in [3.8, 4) is 11.4 Å². The van der Waals surface area contributed by atoms with Gasteiger partial charge in [0.2, 0.25) is 10.0 Å². The molecule has 0 spiro atoms. The number of fused-ring (bicyclic) bond motifs is 1. The molecule has 3 aromatic carbocycles. The van der Waals surface area contributed by atoms with Crippen LogP contribution >= 0.6 is 0 Å². The number of sulfonamides is 1. The molecule has 5 rings (SSSR count). The molecular formula is C26H22F2N4O6S. The van der Waals surface area contributed by atoms with Crippen molar-refractivity contribution >= 4 is 15.9 Å². The van der Waals surface area contributed by atoms with Crippen LogP contribution in [0.3, 0.4) is 0 Å². The molecule has 13 heteroatoms. The number of benzene rings is 3. The van der Waals surface area contributed by atoms with Crippen molar-refractivity contribution in [2.75, 3.05) is 6.54 Å². The molecule has 10 nitrogen and oxygen atoms in total. The van der Waals surface area contributed by atoms with Gasteiger partial charge >= 0.3 is 0 Å². The van der Waals surface area contributed by atoms with E-state index in [1.807, 2.05) is 0 Å². The quantitative estimate of drug-likeness (QED) is 0.237. The summed E-state index contributed by atoms with van der Waals surface area (Å²) in [6, 6.07) is 15.2. The number of aromatic nitrogens is 2. The molecular weight excluding hydrogens is 534 g/mol. The van der Waals surface area contributed by atoms with E-state index in [9.17, 15) is 32.0 Å². The Morgan fingerprint density at radius 3 is 2.46 bits per heavy atom. The first kappa shape index (κ1) is 26.3. The highest BCUT2D eigenvalue weighted by Gasteiger charge is 2.43. The normalized spacial score (nSPS) is 15.5. The van der Waals surface area contributed by atoms with Gasteiger partial charge in [-0.2, -0.15) is 4.31 Å². The van der Waals surface area contributed by atoms with Crippen LogP contribution in [0.25, 0.3) is 5.69 Å². The average molecular weight is 557 g/mol. The fourth-order valence-electron chi connectivity index (χ4n) is 4.45. The number of amides is 1. The minimum absolute atomic E-state index is 0.0958. The first-order valence-electron chi connectivity index (χ1n) is 11.7. The number of hydrogen-bond donors (Lipinski definition) is 3. The van der Waals surface area contributed by atoms with Crippen LogP contribution in [-0.2, 0) is 27.8 Å². The SMILES string of the molecule is O=C(NO)[C@H]1c2c([nH]n(-c3ccccc3)c2=O)CCN1S(=O)(=O)c1ccc(OCc2ccc(F)cc2F)cc1. The van der Waals surface area contributed by atoms with Crippen LogP contribution in [0.1, 0.15) is 22.9 Å². The van der Waals surface area contributed by atoms with Gasteiger partial charge in [0.25, 0.3) is 11.5 Å². The summed E-state index contributed by atoms with van der Waals surface area (Å²) in [5.41, 5.74) is 1.73. The molecule has 0 saturated carbocycles. The molecule has 0 saturated heterocycles. The zero-order valence-electron chi connectivity index (χ0n) is 20.2. The fraction of sp³-hybridized carbons (Fsp3) is 0.154. The number of halogens is 2. The Bertz CT molecular complexity index is 1690.